The van der Waals surface area contributed by atoms with E-state index in [1.165, 1.54) is 0 Å². The van der Waals surface area contributed by atoms with Crippen LogP contribution >= 0.6 is 0 Å². The maximum atomic E-state index is 13.8. The highest BCUT2D eigenvalue weighted by Crippen LogP contribution is 2.21. The van der Waals surface area contributed by atoms with Crippen molar-refractivity contribution < 1.29 is 22.6 Å². The van der Waals surface area contributed by atoms with Crippen molar-refractivity contribution in [3.05, 3.63) is 76.7 Å². The quantitative estimate of drug-likeness (QED) is 0.596. The average Bonchev–Trinajstić information content (AvgIpc) is 3.06. The van der Waals surface area contributed by atoms with Gasteiger partial charge in [0.1, 0.15) is 18.2 Å². The van der Waals surface area contributed by atoms with Gasteiger partial charge in [-0.3, -0.25) is 0 Å². The first-order valence-corrected chi connectivity index (χ1v) is 8.60. The van der Waals surface area contributed by atoms with Gasteiger partial charge in [-0.15, -0.1) is 0 Å². The van der Waals surface area contributed by atoms with E-state index in [0.29, 0.717) is 25.0 Å². The van der Waals surface area contributed by atoms with Gasteiger partial charge in [0, 0.05) is 24.2 Å². The van der Waals surface area contributed by atoms with Crippen LogP contribution < -0.4 is 14.8 Å². The summed E-state index contributed by atoms with van der Waals surface area (Å²) in [6, 6.07) is 10.5. The van der Waals surface area contributed by atoms with Crippen LogP contribution in [-0.4, -0.2) is 23.9 Å². The van der Waals surface area contributed by atoms with Gasteiger partial charge in [-0.1, -0.05) is 12.1 Å². The summed E-state index contributed by atoms with van der Waals surface area (Å²) in [4.78, 5) is 0. The number of nitrogens with zero attached hydrogens (tertiary/aromatic N) is 2. The maximum absolute atomic E-state index is 13.8. The first-order valence-electron chi connectivity index (χ1n) is 8.60. The third-order valence-electron chi connectivity index (χ3n) is 4.11. The van der Waals surface area contributed by atoms with Gasteiger partial charge in [0.05, 0.1) is 19.3 Å². The van der Waals surface area contributed by atoms with Crippen molar-refractivity contribution in [3.63, 3.8) is 0 Å². The topological polar surface area (TPSA) is 48.3 Å². The van der Waals surface area contributed by atoms with Gasteiger partial charge in [-0.2, -0.15) is 5.10 Å². The van der Waals surface area contributed by atoms with E-state index in [2.05, 4.69) is 10.4 Å². The molecule has 148 valence electrons. The predicted octanol–water partition coefficient (Wildman–Crippen LogP) is 3.66. The maximum Gasteiger partial charge on any atom is 0.212 e. The molecule has 0 radical (unpaired) electrons. The fourth-order valence-corrected chi connectivity index (χ4v) is 2.68. The van der Waals surface area contributed by atoms with Gasteiger partial charge in [0.15, 0.2) is 11.6 Å². The van der Waals surface area contributed by atoms with E-state index in [1.54, 1.807) is 24.9 Å². The van der Waals surface area contributed by atoms with Gasteiger partial charge in [-0.25, -0.2) is 17.9 Å². The molecule has 0 saturated heterocycles. The number of nitrogens with one attached hydrogen (secondary N) is 1. The number of halogens is 3. The molecule has 2 aromatic carbocycles. The van der Waals surface area contributed by atoms with Crippen molar-refractivity contribution in [3.8, 4) is 11.6 Å². The lowest BCUT2D eigenvalue weighted by Gasteiger charge is -2.10. The minimum absolute atomic E-state index is 0.0775. The van der Waals surface area contributed by atoms with Gasteiger partial charge >= 0.3 is 0 Å². The van der Waals surface area contributed by atoms with Crippen molar-refractivity contribution in [1.82, 2.24) is 15.1 Å². The smallest absolute Gasteiger partial charge is 0.212 e. The number of methoxy groups -OCH3 is 1. The SMILES string of the molecule is CNCc1cc(OCc2cc(F)c(F)cc2F)n(Cc2ccc(OC)cc2)n1. The normalized spacial score (nSPS) is 10.9. The van der Waals surface area contributed by atoms with Crippen LogP contribution in [0.25, 0.3) is 0 Å². The fourth-order valence-electron chi connectivity index (χ4n) is 2.68. The van der Waals surface area contributed by atoms with Crippen LogP contribution in [0.4, 0.5) is 13.2 Å². The zero-order chi connectivity index (χ0) is 20.1. The summed E-state index contributed by atoms with van der Waals surface area (Å²) in [6.45, 7) is 0.686. The highest BCUT2D eigenvalue weighted by Gasteiger charge is 2.14. The van der Waals surface area contributed by atoms with Crippen molar-refractivity contribution in [2.75, 3.05) is 14.2 Å². The first kappa shape index (κ1) is 19.8. The summed E-state index contributed by atoms with van der Waals surface area (Å²) in [7, 11) is 3.38. The Balaban J connectivity index is 1.80. The van der Waals surface area contributed by atoms with E-state index in [1.807, 2.05) is 24.3 Å². The Labute approximate surface area is 160 Å². The van der Waals surface area contributed by atoms with Gasteiger partial charge < -0.3 is 14.8 Å². The Morgan fingerprint density at radius 2 is 1.71 bits per heavy atom. The highest BCUT2D eigenvalue weighted by atomic mass is 19.2. The molecule has 5 nitrogen and oxygen atoms in total. The summed E-state index contributed by atoms with van der Waals surface area (Å²) in [6.07, 6.45) is 0. The average molecular weight is 391 g/mol. The van der Waals surface area contributed by atoms with Crippen molar-refractivity contribution >= 4 is 0 Å². The summed E-state index contributed by atoms with van der Waals surface area (Å²) >= 11 is 0. The number of benzene rings is 2. The summed E-state index contributed by atoms with van der Waals surface area (Å²) in [5.74, 6) is -2.09. The molecule has 0 aliphatic heterocycles. The molecule has 0 aliphatic carbocycles. The number of aromatic nitrogens is 2. The molecule has 28 heavy (non-hydrogen) atoms. The zero-order valence-corrected chi connectivity index (χ0v) is 15.5. The predicted molar refractivity (Wildman–Crippen MR) is 97.7 cm³/mol. The molecule has 3 aromatic rings. The number of hydrogen-bond acceptors (Lipinski definition) is 4. The largest absolute Gasteiger partial charge is 0.497 e. The minimum atomic E-state index is -1.23. The molecule has 0 bridgehead atoms. The van der Waals surface area contributed by atoms with E-state index in [0.717, 1.165) is 23.1 Å². The Hall–Kier alpha value is -3.00. The molecule has 0 unspecified atom stereocenters. The second-order valence-corrected chi connectivity index (χ2v) is 6.16. The van der Waals surface area contributed by atoms with E-state index >= 15 is 0 Å². The second-order valence-electron chi connectivity index (χ2n) is 6.16. The Bertz CT molecular complexity index is 943. The lowest BCUT2D eigenvalue weighted by molar-refractivity contribution is 0.269. The van der Waals surface area contributed by atoms with E-state index in [9.17, 15) is 13.2 Å². The van der Waals surface area contributed by atoms with Gasteiger partial charge in [0.25, 0.3) is 0 Å². The molecule has 1 aromatic heterocycles. The van der Waals surface area contributed by atoms with Crippen LogP contribution in [0.3, 0.4) is 0 Å². The molecular weight excluding hydrogens is 371 g/mol. The van der Waals surface area contributed by atoms with Crippen LogP contribution in [0.2, 0.25) is 0 Å². The first-order chi connectivity index (χ1) is 13.5. The second kappa shape index (κ2) is 8.79. The highest BCUT2D eigenvalue weighted by molar-refractivity contribution is 5.28. The molecule has 0 amide bonds. The van der Waals surface area contributed by atoms with Gasteiger partial charge in [-0.05, 0) is 30.8 Å². The number of hydrogen-bond donors (Lipinski definition) is 1. The number of ether oxygens (including phenoxy) is 2. The number of rotatable bonds is 8. The standard InChI is InChI=1S/C20H20F3N3O2/c1-24-10-15-8-20(28-12-14-7-18(22)19(23)9-17(14)21)26(25-15)11-13-3-5-16(27-2)6-4-13/h3-9,24H,10-12H2,1-2H3. The van der Waals surface area contributed by atoms with E-state index in [-0.39, 0.29) is 12.2 Å². The Kier molecular flexibility index (Phi) is 6.20. The van der Waals surface area contributed by atoms with Crippen molar-refractivity contribution in [2.45, 2.75) is 19.7 Å². The third-order valence-corrected chi connectivity index (χ3v) is 4.11. The molecule has 0 atom stereocenters. The van der Waals surface area contributed by atoms with Crippen LogP contribution in [-0.2, 0) is 19.7 Å². The van der Waals surface area contributed by atoms with Crippen LogP contribution in [0.1, 0.15) is 16.8 Å². The molecule has 0 saturated carbocycles. The summed E-state index contributed by atoms with van der Waals surface area (Å²) < 4.78 is 52.8. The third kappa shape index (κ3) is 4.64. The lowest BCUT2D eigenvalue weighted by atomic mass is 10.2. The van der Waals surface area contributed by atoms with E-state index in [4.69, 9.17) is 9.47 Å². The van der Waals surface area contributed by atoms with Crippen molar-refractivity contribution in [1.29, 1.82) is 0 Å². The molecular formula is C20H20F3N3O2. The zero-order valence-electron chi connectivity index (χ0n) is 15.5. The Morgan fingerprint density at radius 1 is 1.00 bits per heavy atom. The fraction of sp³-hybridized carbons (Fsp3) is 0.250. The van der Waals surface area contributed by atoms with Crippen LogP contribution in [0.15, 0.2) is 42.5 Å². The van der Waals surface area contributed by atoms with Gasteiger partial charge in [0.2, 0.25) is 5.88 Å². The molecule has 8 heteroatoms. The molecule has 1 N–H and O–H groups in total. The van der Waals surface area contributed by atoms with Crippen LogP contribution in [0.5, 0.6) is 11.6 Å². The minimum Gasteiger partial charge on any atom is -0.497 e. The Morgan fingerprint density at radius 3 is 2.39 bits per heavy atom. The van der Waals surface area contributed by atoms with Crippen LogP contribution in [0, 0.1) is 17.5 Å². The summed E-state index contributed by atoms with van der Waals surface area (Å²) in [5, 5.41) is 7.48. The molecule has 3 rings (SSSR count). The molecule has 0 fully saturated rings. The monoisotopic (exact) mass is 391 g/mol. The van der Waals surface area contributed by atoms with Crippen molar-refractivity contribution in [2.24, 2.45) is 0 Å². The molecule has 0 spiro atoms. The molecule has 0 aliphatic rings. The lowest BCUT2D eigenvalue weighted by Crippen LogP contribution is -2.09. The summed E-state index contributed by atoms with van der Waals surface area (Å²) in [5.41, 5.74) is 1.62. The molecule has 1 heterocycles. The van der Waals surface area contributed by atoms with E-state index < -0.39 is 17.5 Å².